The van der Waals surface area contributed by atoms with Crippen LogP contribution in [0.2, 0.25) is 0 Å². The Bertz CT molecular complexity index is 1450. The fourth-order valence-electron chi connectivity index (χ4n) is 3.46. The second-order valence-electron chi connectivity index (χ2n) is 7.10. The molecule has 5 rings (SSSR count). The van der Waals surface area contributed by atoms with Crippen LogP contribution in [0.3, 0.4) is 0 Å². The van der Waals surface area contributed by atoms with Gasteiger partial charge in [0, 0.05) is 15.8 Å². The van der Waals surface area contributed by atoms with Gasteiger partial charge in [-0.3, -0.25) is 4.79 Å². The lowest BCUT2D eigenvalue weighted by molar-refractivity contribution is 0.430. The van der Waals surface area contributed by atoms with Crippen LogP contribution in [0, 0.1) is 6.92 Å². The average Bonchev–Trinajstić information content (AvgIpc) is 3.30. The Labute approximate surface area is 182 Å². The molecular formula is C24H18N4O2S. The predicted octanol–water partition coefficient (Wildman–Crippen LogP) is 5.13. The van der Waals surface area contributed by atoms with Crippen molar-refractivity contribution >= 4 is 22.5 Å². The van der Waals surface area contributed by atoms with Crippen LogP contribution in [0.1, 0.15) is 5.56 Å². The normalized spacial score (nSPS) is 11.2. The largest absolute Gasteiger partial charge is 0.332 e. The van der Waals surface area contributed by atoms with Gasteiger partial charge in [0.2, 0.25) is 5.82 Å². The maximum absolute atomic E-state index is 13.1. The van der Waals surface area contributed by atoms with E-state index in [0.29, 0.717) is 28.0 Å². The highest BCUT2D eigenvalue weighted by atomic mass is 32.2. The summed E-state index contributed by atoms with van der Waals surface area (Å²) in [5.41, 5.74) is 2.84. The van der Waals surface area contributed by atoms with E-state index in [0.717, 1.165) is 16.0 Å². The van der Waals surface area contributed by atoms with E-state index >= 15 is 0 Å². The van der Waals surface area contributed by atoms with Gasteiger partial charge in [-0.05, 0) is 61.2 Å². The lowest BCUT2D eigenvalue weighted by Crippen LogP contribution is -2.22. The van der Waals surface area contributed by atoms with Crippen LogP contribution in [-0.4, -0.2) is 26.2 Å². The highest BCUT2D eigenvalue weighted by Crippen LogP contribution is 2.27. The fraction of sp³-hybridized carbons (Fsp3) is 0.0833. The summed E-state index contributed by atoms with van der Waals surface area (Å²) in [6.07, 6.45) is 2.03. The van der Waals surface area contributed by atoms with Gasteiger partial charge in [-0.15, -0.1) is 11.8 Å². The summed E-state index contributed by atoms with van der Waals surface area (Å²) >= 11 is 1.67. The molecule has 0 aliphatic rings. The summed E-state index contributed by atoms with van der Waals surface area (Å²) in [5.74, 6) is 0.739. The molecule has 2 heterocycles. The van der Waals surface area contributed by atoms with Gasteiger partial charge in [0.05, 0.1) is 11.1 Å². The first kappa shape index (κ1) is 19.3. The molecule has 6 nitrogen and oxygen atoms in total. The zero-order chi connectivity index (χ0) is 21.4. The zero-order valence-electron chi connectivity index (χ0n) is 16.9. The quantitative estimate of drug-likeness (QED) is 0.371. The minimum absolute atomic E-state index is 0.197. The van der Waals surface area contributed by atoms with Gasteiger partial charge in [0.25, 0.3) is 11.4 Å². The van der Waals surface area contributed by atoms with Crippen LogP contribution in [0.5, 0.6) is 0 Å². The number of aryl methyl sites for hydroxylation is 1. The molecule has 0 atom stereocenters. The highest BCUT2D eigenvalue weighted by molar-refractivity contribution is 7.98. The summed E-state index contributed by atoms with van der Waals surface area (Å²) in [5, 5.41) is 9.98. The molecule has 0 saturated carbocycles. The van der Waals surface area contributed by atoms with Crippen LogP contribution in [-0.2, 0) is 0 Å². The van der Waals surface area contributed by atoms with E-state index in [9.17, 15) is 4.79 Å². The van der Waals surface area contributed by atoms with Crippen molar-refractivity contribution in [3.63, 3.8) is 0 Å². The lowest BCUT2D eigenvalue weighted by atomic mass is 10.1. The van der Waals surface area contributed by atoms with Crippen molar-refractivity contribution in [1.82, 2.24) is 19.9 Å². The minimum atomic E-state index is -0.197. The Morgan fingerprint density at radius 1 is 0.935 bits per heavy atom. The maximum atomic E-state index is 13.1. The smallest absolute Gasteiger partial charge is 0.279 e. The van der Waals surface area contributed by atoms with Crippen molar-refractivity contribution in [3.8, 4) is 28.7 Å². The maximum Gasteiger partial charge on any atom is 0.279 e. The van der Waals surface area contributed by atoms with E-state index in [-0.39, 0.29) is 11.4 Å². The molecule has 0 fully saturated rings. The molecule has 7 heteroatoms. The molecule has 0 aliphatic heterocycles. The van der Waals surface area contributed by atoms with Gasteiger partial charge in [-0.2, -0.15) is 14.8 Å². The second kappa shape index (κ2) is 7.85. The first-order chi connectivity index (χ1) is 15.1. The van der Waals surface area contributed by atoms with Crippen molar-refractivity contribution < 1.29 is 4.52 Å². The van der Waals surface area contributed by atoms with Crippen molar-refractivity contribution in [2.45, 2.75) is 11.8 Å². The lowest BCUT2D eigenvalue weighted by Gasteiger charge is -2.09. The molecule has 2 aromatic heterocycles. The molecule has 0 N–H and O–H groups in total. The number of hydrogen-bond donors (Lipinski definition) is 0. The summed E-state index contributed by atoms with van der Waals surface area (Å²) in [7, 11) is 0. The SMILES string of the molecule is CSc1ccc(-c2noc(-c3nn(-c4cccc(C)c4)c(=O)c4ccccc34)n2)cc1. The number of hydrogen-bond acceptors (Lipinski definition) is 6. The Morgan fingerprint density at radius 2 is 1.71 bits per heavy atom. The highest BCUT2D eigenvalue weighted by Gasteiger charge is 2.19. The van der Waals surface area contributed by atoms with Gasteiger partial charge in [-0.1, -0.05) is 35.5 Å². The van der Waals surface area contributed by atoms with Gasteiger partial charge < -0.3 is 4.52 Å². The number of benzene rings is 3. The van der Waals surface area contributed by atoms with Crippen LogP contribution in [0.4, 0.5) is 0 Å². The molecule has 0 spiro atoms. The third-order valence-corrected chi connectivity index (χ3v) is 5.77. The van der Waals surface area contributed by atoms with Crippen LogP contribution in [0.25, 0.3) is 39.4 Å². The average molecular weight is 427 g/mol. The fourth-order valence-corrected chi connectivity index (χ4v) is 3.87. The second-order valence-corrected chi connectivity index (χ2v) is 7.98. The molecule has 5 aromatic rings. The van der Waals surface area contributed by atoms with Gasteiger partial charge in [0.1, 0.15) is 0 Å². The Hall–Kier alpha value is -3.71. The van der Waals surface area contributed by atoms with Crippen LogP contribution in [0.15, 0.2) is 87.0 Å². The Balaban J connectivity index is 1.69. The van der Waals surface area contributed by atoms with Crippen molar-refractivity contribution in [3.05, 3.63) is 88.7 Å². The third kappa shape index (κ3) is 3.53. The number of fused-ring (bicyclic) bond motifs is 1. The monoisotopic (exact) mass is 426 g/mol. The van der Waals surface area contributed by atoms with Crippen LogP contribution >= 0.6 is 11.8 Å². The Morgan fingerprint density at radius 3 is 2.45 bits per heavy atom. The van der Waals surface area contributed by atoms with E-state index in [4.69, 9.17) is 4.52 Å². The van der Waals surface area contributed by atoms with Gasteiger partial charge in [0.15, 0.2) is 5.69 Å². The molecule has 0 amide bonds. The van der Waals surface area contributed by atoms with Crippen molar-refractivity contribution in [1.29, 1.82) is 0 Å². The summed E-state index contributed by atoms with van der Waals surface area (Å²) in [6, 6.07) is 22.9. The molecule has 31 heavy (non-hydrogen) atoms. The van der Waals surface area contributed by atoms with Crippen molar-refractivity contribution in [2.24, 2.45) is 0 Å². The number of thioether (sulfide) groups is 1. The Kier molecular flexibility index (Phi) is 4.88. The molecule has 0 unspecified atom stereocenters. The van der Waals surface area contributed by atoms with Gasteiger partial charge >= 0.3 is 0 Å². The summed E-state index contributed by atoms with van der Waals surface area (Å²) in [4.78, 5) is 18.9. The van der Waals surface area contributed by atoms with Crippen molar-refractivity contribution in [2.75, 3.05) is 6.26 Å². The predicted molar refractivity (Wildman–Crippen MR) is 123 cm³/mol. The minimum Gasteiger partial charge on any atom is -0.332 e. The first-order valence-corrected chi connectivity index (χ1v) is 10.9. The van der Waals surface area contributed by atoms with Gasteiger partial charge in [-0.25, -0.2) is 0 Å². The summed E-state index contributed by atoms with van der Waals surface area (Å²) < 4.78 is 6.97. The van der Waals surface area contributed by atoms with E-state index in [1.54, 1.807) is 17.8 Å². The van der Waals surface area contributed by atoms with E-state index in [1.807, 2.05) is 79.9 Å². The molecule has 0 saturated heterocycles. The van der Waals surface area contributed by atoms with Crippen LogP contribution < -0.4 is 5.56 Å². The molecule has 0 bridgehead atoms. The molecule has 0 radical (unpaired) electrons. The zero-order valence-corrected chi connectivity index (χ0v) is 17.8. The summed E-state index contributed by atoms with van der Waals surface area (Å²) in [6.45, 7) is 1.98. The molecule has 0 aliphatic carbocycles. The number of nitrogens with zero attached hydrogens (tertiary/aromatic N) is 4. The number of aromatic nitrogens is 4. The topological polar surface area (TPSA) is 73.8 Å². The third-order valence-electron chi connectivity index (χ3n) is 5.03. The molecule has 152 valence electrons. The van der Waals surface area contributed by atoms with E-state index < -0.39 is 0 Å². The molecular weight excluding hydrogens is 408 g/mol. The van der Waals surface area contributed by atoms with E-state index in [2.05, 4.69) is 15.2 Å². The number of rotatable bonds is 4. The van der Waals surface area contributed by atoms with E-state index in [1.165, 1.54) is 4.68 Å². The first-order valence-electron chi connectivity index (χ1n) is 9.71. The molecule has 3 aromatic carbocycles. The standard InChI is InChI=1S/C24H18N4O2S/c1-15-6-5-7-17(14-15)28-24(29)20-9-4-3-8-19(20)21(26-28)23-25-22(27-30-23)16-10-12-18(31-2)13-11-16/h3-14H,1-2H3.